The Morgan fingerprint density at radius 1 is 0.939 bits per heavy atom. The first kappa shape index (κ1) is 25.7. The van der Waals surface area contributed by atoms with Crippen LogP contribution in [0.3, 0.4) is 0 Å². The van der Waals surface area contributed by atoms with E-state index in [9.17, 15) is 15.3 Å². The Hall–Kier alpha value is -0.380. The monoisotopic (exact) mass is 460 g/mol. The van der Waals surface area contributed by atoms with Gasteiger partial charge in [-0.1, -0.05) is 53.2 Å². The minimum absolute atomic E-state index is 0.0221. The fraction of sp³-hybridized carbons (Fsp3) is 0.933. The van der Waals surface area contributed by atoms with Gasteiger partial charge in [0.05, 0.1) is 18.3 Å². The molecule has 3 nitrogen and oxygen atoms in total. The van der Waals surface area contributed by atoms with Crippen LogP contribution >= 0.6 is 0 Å². The van der Waals surface area contributed by atoms with E-state index in [1.54, 1.807) is 0 Å². The van der Waals surface area contributed by atoms with E-state index >= 15 is 0 Å². The van der Waals surface area contributed by atoms with Gasteiger partial charge in [0.15, 0.2) is 0 Å². The molecule has 0 spiro atoms. The Balaban J connectivity index is 1.67. The van der Waals surface area contributed by atoms with Gasteiger partial charge in [0.25, 0.3) is 0 Å². The standard InChI is InChI=1S/C30H52O3/c1-18(2)10-9-11-19(3)20-12-15-29(7)25(20)21(31)16-23-28(6)14-13-24(33)27(4,5)26(28)22(32)17-30(23,29)8/h10,19-26,31-33H,9,11-17H2,1-8H3/t19?,20?,21?,22-,23?,24?,25?,26?,28?,29+,30?/m0/s1. The summed E-state index contributed by atoms with van der Waals surface area (Å²) in [6.07, 6.45) is 9.49. The third-order valence-electron chi connectivity index (χ3n) is 12.2. The molecule has 0 bridgehead atoms. The van der Waals surface area contributed by atoms with Gasteiger partial charge in [-0.15, -0.1) is 0 Å². The molecule has 0 heterocycles. The highest BCUT2D eigenvalue weighted by atomic mass is 16.3. The highest BCUT2D eigenvalue weighted by molar-refractivity contribution is 5.20. The predicted molar refractivity (Wildman–Crippen MR) is 136 cm³/mol. The lowest BCUT2D eigenvalue weighted by atomic mass is 9.34. The van der Waals surface area contributed by atoms with Crippen LogP contribution in [-0.2, 0) is 0 Å². The SMILES string of the molecule is CC(C)=CCCC(C)C1CC[C@]2(C)C1C(O)CC1C3(C)CCC(O)C(C)(C)C3[C@@H](O)CC12C. The van der Waals surface area contributed by atoms with Crippen molar-refractivity contribution in [3.63, 3.8) is 0 Å². The fourth-order valence-electron chi connectivity index (χ4n) is 10.5. The average molecular weight is 461 g/mol. The second-order valence-electron chi connectivity index (χ2n) is 14.4. The van der Waals surface area contributed by atoms with Crippen LogP contribution in [0.25, 0.3) is 0 Å². The lowest BCUT2D eigenvalue weighted by Gasteiger charge is -2.71. The molecule has 4 saturated carbocycles. The van der Waals surface area contributed by atoms with E-state index in [4.69, 9.17) is 0 Å². The molecule has 4 fully saturated rings. The first-order valence-corrected chi connectivity index (χ1v) is 13.9. The highest BCUT2D eigenvalue weighted by Crippen LogP contribution is 2.75. The number of rotatable bonds is 4. The lowest BCUT2D eigenvalue weighted by molar-refractivity contribution is -0.271. The zero-order valence-corrected chi connectivity index (χ0v) is 22.7. The number of hydrogen-bond donors (Lipinski definition) is 3. The quantitative estimate of drug-likeness (QED) is 0.428. The summed E-state index contributed by atoms with van der Waals surface area (Å²) in [6.45, 7) is 18.4. The molecule has 4 aliphatic carbocycles. The molecule has 0 aromatic carbocycles. The minimum atomic E-state index is -0.386. The summed E-state index contributed by atoms with van der Waals surface area (Å²) in [4.78, 5) is 0. The van der Waals surface area contributed by atoms with Gasteiger partial charge < -0.3 is 15.3 Å². The Morgan fingerprint density at radius 2 is 1.61 bits per heavy atom. The van der Waals surface area contributed by atoms with Crippen molar-refractivity contribution in [2.24, 2.45) is 51.2 Å². The summed E-state index contributed by atoms with van der Waals surface area (Å²) in [7, 11) is 0. The molecule has 9 unspecified atom stereocenters. The van der Waals surface area contributed by atoms with Crippen molar-refractivity contribution in [2.45, 2.75) is 125 Å². The van der Waals surface area contributed by atoms with Crippen LogP contribution in [0.4, 0.5) is 0 Å². The lowest BCUT2D eigenvalue weighted by Crippen LogP contribution is -2.69. The molecule has 3 heteroatoms. The van der Waals surface area contributed by atoms with Crippen molar-refractivity contribution >= 4 is 0 Å². The summed E-state index contributed by atoms with van der Waals surface area (Å²) in [5.41, 5.74) is 1.13. The third-order valence-corrected chi connectivity index (χ3v) is 12.2. The van der Waals surface area contributed by atoms with Gasteiger partial charge >= 0.3 is 0 Å². The number of hydrogen-bond acceptors (Lipinski definition) is 3. The van der Waals surface area contributed by atoms with Crippen LogP contribution in [0, 0.1) is 51.2 Å². The highest BCUT2D eigenvalue weighted by Gasteiger charge is 2.72. The zero-order valence-electron chi connectivity index (χ0n) is 22.7. The summed E-state index contributed by atoms with van der Waals surface area (Å²) < 4.78 is 0. The Morgan fingerprint density at radius 3 is 2.24 bits per heavy atom. The van der Waals surface area contributed by atoms with Crippen molar-refractivity contribution < 1.29 is 15.3 Å². The zero-order chi connectivity index (χ0) is 24.6. The van der Waals surface area contributed by atoms with Crippen LogP contribution in [0.15, 0.2) is 11.6 Å². The van der Waals surface area contributed by atoms with E-state index in [0.717, 1.165) is 32.1 Å². The smallest absolute Gasteiger partial charge is 0.0595 e. The molecule has 0 amide bonds. The maximum Gasteiger partial charge on any atom is 0.0595 e. The van der Waals surface area contributed by atoms with Gasteiger partial charge in [0.1, 0.15) is 0 Å². The normalized spacial score (nSPS) is 51.8. The summed E-state index contributed by atoms with van der Waals surface area (Å²) >= 11 is 0. The number of fused-ring (bicyclic) bond motifs is 5. The van der Waals surface area contributed by atoms with E-state index in [2.05, 4.69) is 61.5 Å². The van der Waals surface area contributed by atoms with Crippen molar-refractivity contribution in [3.8, 4) is 0 Å². The molecule has 33 heavy (non-hydrogen) atoms. The predicted octanol–water partition coefficient (Wildman–Crippen LogP) is 6.36. The first-order chi connectivity index (χ1) is 15.2. The van der Waals surface area contributed by atoms with Crippen molar-refractivity contribution in [3.05, 3.63) is 11.6 Å². The van der Waals surface area contributed by atoms with E-state index in [-0.39, 0.29) is 45.9 Å². The molecular weight excluding hydrogens is 408 g/mol. The van der Waals surface area contributed by atoms with Crippen LogP contribution in [0.1, 0.15) is 107 Å². The molecule has 0 aromatic rings. The molecule has 0 saturated heterocycles. The summed E-state index contributed by atoms with van der Waals surface area (Å²) in [6, 6.07) is 0. The van der Waals surface area contributed by atoms with Gasteiger partial charge in [-0.05, 0) is 116 Å². The Kier molecular flexibility index (Phi) is 6.50. The van der Waals surface area contributed by atoms with Gasteiger partial charge in [-0.2, -0.15) is 0 Å². The molecule has 4 rings (SSSR count). The molecule has 0 aromatic heterocycles. The summed E-state index contributed by atoms with van der Waals surface area (Å²) in [5.74, 6) is 1.99. The fourth-order valence-corrected chi connectivity index (χ4v) is 10.5. The van der Waals surface area contributed by atoms with E-state index in [1.807, 2.05) is 0 Å². The Labute approximate surface area is 203 Å². The van der Waals surface area contributed by atoms with E-state index < -0.39 is 0 Å². The van der Waals surface area contributed by atoms with E-state index in [0.29, 0.717) is 23.7 Å². The van der Waals surface area contributed by atoms with Gasteiger partial charge in [0.2, 0.25) is 0 Å². The number of aliphatic hydroxyl groups excluding tert-OH is 3. The van der Waals surface area contributed by atoms with Crippen LogP contribution in [0.5, 0.6) is 0 Å². The summed E-state index contributed by atoms with van der Waals surface area (Å²) in [5, 5.41) is 34.3. The second kappa shape index (κ2) is 8.34. The number of allylic oxidation sites excluding steroid dienone is 2. The van der Waals surface area contributed by atoms with Crippen LogP contribution in [0.2, 0.25) is 0 Å². The first-order valence-electron chi connectivity index (χ1n) is 13.9. The maximum atomic E-state index is 11.8. The second-order valence-corrected chi connectivity index (χ2v) is 14.4. The minimum Gasteiger partial charge on any atom is -0.393 e. The van der Waals surface area contributed by atoms with Crippen molar-refractivity contribution in [2.75, 3.05) is 0 Å². The molecule has 190 valence electrons. The molecule has 3 N–H and O–H groups in total. The van der Waals surface area contributed by atoms with E-state index in [1.165, 1.54) is 24.8 Å². The Bertz CT molecular complexity index is 769. The average Bonchev–Trinajstić information content (AvgIpc) is 3.07. The molecular formula is C30H52O3. The topological polar surface area (TPSA) is 60.7 Å². The van der Waals surface area contributed by atoms with Crippen molar-refractivity contribution in [1.29, 1.82) is 0 Å². The molecule has 0 radical (unpaired) electrons. The third kappa shape index (κ3) is 3.61. The largest absolute Gasteiger partial charge is 0.393 e. The maximum absolute atomic E-state index is 11.8. The van der Waals surface area contributed by atoms with Crippen molar-refractivity contribution in [1.82, 2.24) is 0 Å². The molecule has 0 aliphatic heterocycles. The number of aliphatic hydroxyl groups is 3. The molecule has 4 aliphatic rings. The molecule has 11 atom stereocenters. The van der Waals surface area contributed by atoms with Gasteiger partial charge in [0, 0.05) is 0 Å². The van der Waals surface area contributed by atoms with Gasteiger partial charge in [-0.25, -0.2) is 0 Å². The van der Waals surface area contributed by atoms with Gasteiger partial charge in [-0.3, -0.25) is 0 Å². The van der Waals surface area contributed by atoms with Crippen LogP contribution < -0.4 is 0 Å². The van der Waals surface area contributed by atoms with Crippen LogP contribution in [-0.4, -0.2) is 33.6 Å².